The minimum absolute atomic E-state index is 0.0379. The van der Waals surface area contributed by atoms with Gasteiger partial charge in [0, 0.05) is 16.1 Å². The number of carbonyl (C=O) groups is 2. The predicted molar refractivity (Wildman–Crippen MR) is 91.5 cm³/mol. The van der Waals surface area contributed by atoms with E-state index in [1.807, 2.05) is 24.3 Å². The van der Waals surface area contributed by atoms with Gasteiger partial charge in [-0.25, -0.2) is 0 Å². The summed E-state index contributed by atoms with van der Waals surface area (Å²) in [6.45, 7) is 0.667. The lowest BCUT2D eigenvalue weighted by molar-refractivity contribution is 0.0826. The molecule has 1 aliphatic carbocycles. The van der Waals surface area contributed by atoms with Crippen LogP contribution in [0.3, 0.4) is 0 Å². The highest BCUT2D eigenvalue weighted by molar-refractivity contribution is 6.30. The van der Waals surface area contributed by atoms with Crippen LogP contribution in [0.4, 0.5) is 0 Å². The summed E-state index contributed by atoms with van der Waals surface area (Å²) in [5, 5.41) is 0.693. The van der Waals surface area contributed by atoms with Crippen molar-refractivity contribution in [3.63, 3.8) is 0 Å². The fraction of sp³-hybridized carbons (Fsp3) is 0.300. The fourth-order valence-electron chi connectivity index (χ4n) is 3.58. The number of benzene rings is 2. The van der Waals surface area contributed by atoms with Crippen molar-refractivity contribution in [1.29, 1.82) is 0 Å². The van der Waals surface area contributed by atoms with E-state index >= 15 is 0 Å². The summed E-state index contributed by atoms with van der Waals surface area (Å²) >= 11 is 6.06. The Kier molecular flexibility index (Phi) is 3.78. The van der Waals surface area contributed by atoms with Gasteiger partial charge >= 0.3 is 0 Å². The zero-order chi connectivity index (χ0) is 16.7. The Morgan fingerprint density at radius 3 is 2.29 bits per heavy atom. The van der Waals surface area contributed by atoms with E-state index in [4.69, 9.17) is 16.3 Å². The zero-order valence-electron chi connectivity index (χ0n) is 13.1. The van der Waals surface area contributed by atoms with Gasteiger partial charge in [-0.15, -0.1) is 0 Å². The van der Waals surface area contributed by atoms with Crippen molar-refractivity contribution < 1.29 is 14.3 Å². The molecule has 1 heterocycles. The Labute approximate surface area is 145 Å². The lowest BCUT2D eigenvalue weighted by Gasteiger charge is -2.14. The number of carbonyl (C=O) groups excluding carboxylic acids is 2. The van der Waals surface area contributed by atoms with E-state index in [0.29, 0.717) is 29.2 Å². The smallest absolute Gasteiger partial charge is 0.174 e. The summed E-state index contributed by atoms with van der Waals surface area (Å²) in [5.74, 6) is -0.606. The maximum absolute atomic E-state index is 12.4. The molecule has 24 heavy (non-hydrogen) atoms. The van der Waals surface area contributed by atoms with Gasteiger partial charge in [0.15, 0.2) is 11.6 Å². The molecule has 1 saturated heterocycles. The Bertz CT molecular complexity index is 788. The molecular formula is C20H17ClO3. The fourth-order valence-corrected chi connectivity index (χ4v) is 3.77. The van der Waals surface area contributed by atoms with E-state index in [1.54, 1.807) is 24.3 Å². The van der Waals surface area contributed by atoms with Crippen molar-refractivity contribution in [1.82, 2.24) is 0 Å². The molecule has 4 heteroatoms. The van der Waals surface area contributed by atoms with Crippen LogP contribution in [0.1, 0.15) is 45.5 Å². The lowest BCUT2D eigenvalue weighted by Crippen LogP contribution is -2.16. The largest absolute Gasteiger partial charge is 0.365 e. The van der Waals surface area contributed by atoms with Gasteiger partial charge in [-0.2, -0.15) is 0 Å². The quantitative estimate of drug-likeness (QED) is 0.597. The standard InChI is InChI=1S/C20H17ClO3/c21-14-6-3-5-13(11-14)20(12-24-20)10-4-9-17-18(22)15-7-1-2-8-16(15)19(17)23/h1-3,5-8,11,17H,4,9-10,12H2. The molecule has 0 bridgehead atoms. The molecule has 1 fully saturated rings. The number of hydrogen-bond acceptors (Lipinski definition) is 3. The van der Waals surface area contributed by atoms with E-state index in [2.05, 4.69) is 0 Å². The Morgan fingerprint density at radius 2 is 1.71 bits per heavy atom. The van der Waals surface area contributed by atoms with Crippen LogP contribution in [0.25, 0.3) is 0 Å². The molecule has 0 N–H and O–H groups in total. The summed E-state index contributed by atoms with van der Waals surface area (Å²) in [5.41, 5.74) is 1.92. The summed E-state index contributed by atoms with van der Waals surface area (Å²) in [4.78, 5) is 24.8. The van der Waals surface area contributed by atoms with Crippen LogP contribution < -0.4 is 0 Å². The molecule has 0 radical (unpaired) electrons. The summed E-state index contributed by atoms with van der Waals surface area (Å²) in [6, 6.07) is 14.8. The van der Waals surface area contributed by atoms with Gasteiger partial charge in [0.2, 0.25) is 0 Å². The number of ether oxygens (including phenoxy) is 1. The number of ketones is 2. The van der Waals surface area contributed by atoms with Crippen LogP contribution in [0.2, 0.25) is 5.02 Å². The van der Waals surface area contributed by atoms with Crippen LogP contribution in [-0.4, -0.2) is 18.2 Å². The van der Waals surface area contributed by atoms with Crippen molar-refractivity contribution in [2.24, 2.45) is 5.92 Å². The van der Waals surface area contributed by atoms with Crippen LogP contribution in [0.15, 0.2) is 48.5 Å². The summed E-state index contributed by atoms with van der Waals surface area (Å²) in [6.07, 6.45) is 2.13. The SMILES string of the molecule is O=C1c2ccccc2C(=O)C1CCCC1(c2cccc(Cl)c2)CO1. The first kappa shape index (κ1) is 15.6. The third-order valence-corrected chi connectivity index (χ3v) is 5.24. The Morgan fingerprint density at radius 1 is 1.04 bits per heavy atom. The molecule has 122 valence electrons. The maximum atomic E-state index is 12.4. The molecule has 1 unspecified atom stereocenters. The Balaban J connectivity index is 1.42. The van der Waals surface area contributed by atoms with E-state index in [9.17, 15) is 9.59 Å². The molecule has 0 saturated carbocycles. The number of halogens is 1. The zero-order valence-corrected chi connectivity index (χ0v) is 13.9. The average Bonchev–Trinajstić information content (AvgIpc) is 3.34. The van der Waals surface area contributed by atoms with Crippen molar-refractivity contribution >= 4 is 23.2 Å². The predicted octanol–water partition coefficient (Wildman–Crippen LogP) is 4.43. The van der Waals surface area contributed by atoms with Gasteiger partial charge in [-0.05, 0) is 37.0 Å². The van der Waals surface area contributed by atoms with E-state index in [-0.39, 0.29) is 17.2 Å². The lowest BCUT2D eigenvalue weighted by atomic mass is 9.90. The van der Waals surface area contributed by atoms with Gasteiger partial charge in [-0.3, -0.25) is 9.59 Å². The van der Waals surface area contributed by atoms with Crippen molar-refractivity contribution in [3.05, 3.63) is 70.2 Å². The number of hydrogen-bond donors (Lipinski definition) is 0. The van der Waals surface area contributed by atoms with E-state index in [0.717, 1.165) is 18.4 Å². The molecule has 0 aromatic heterocycles. The Hall–Kier alpha value is -1.97. The molecule has 3 nitrogen and oxygen atoms in total. The van der Waals surface area contributed by atoms with Crippen molar-refractivity contribution in [2.45, 2.75) is 24.9 Å². The van der Waals surface area contributed by atoms with Gasteiger partial charge in [0.1, 0.15) is 5.60 Å². The summed E-state index contributed by atoms with van der Waals surface area (Å²) in [7, 11) is 0. The molecule has 0 spiro atoms. The monoisotopic (exact) mass is 340 g/mol. The second-order valence-electron chi connectivity index (χ2n) is 6.51. The second kappa shape index (κ2) is 5.83. The molecule has 2 aromatic rings. The van der Waals surface area contributed by atoms with Gasteiger partial charge < -0.3 is 4.74 Å². The highest BCUT2D eigenvalue weighted by atomic mass is 35.5. The third-order valence-electron chi connectivity index (χ3n) is 5.01. The number of fused-ring (bicyclic) bond motifs is 1. The average molecular weight is 341 g/mol. The van der Waals surface area contributed by atoms with E-state index in [1.165, 1.54) is 0 Å². The topological polar surface area (TPSA) is 46.7 Å². The van der Waals surface area contributed by atoms with Gasteiger partial charge in [-0.1, -0.05) is 48.0 Å². The molecule has 2 aromatic carbocycles. The first-order chi connectivity index (χ1) is 11.6. The van der Waals surface area contributed by atoms with Gasteiger partial charge in [0.25, 0.3) is 0 Å². The van der Waals surface area contributed by atoms with Crippen molar-refractivity contribution in [3.8, 4) is 0 Å². The third kappa shape index (κ3) is 2.58. The maximum Gasteiger partial charge on any atom is 0.174 e. The number of rotatable bonds is 5. The second-order valence-corrected chi connectivity index (χ2v) is 6.95. The number of epoxide rings is 1. The minimum atomic E-state index is -0.530. The van der Waals surface area contributed by atoms with Gasteiger partial charge in [0.05, 0.1) is 12.5 Å². The highest BCUT2D eigenvalue weighted by Gasteiger charge is 2.46. The van der Waals surface area contributed by atoms with E-state index < -0.39 is 5.92 Å². The molecule has 1 aliphatic heterocycles. The van der Waals surface area contributed by atoms with Crippen LogP contribution in [0, 0.1) is 5.92 Å². The van der Waals surface area contributed by atoms with Crippen LogP contribution >= 0.6 is 11.6 Å². The molecule has 2 aliphatic rings. The normalized spacial score (nSPS) is 22.7. The minimum Gasteiger partial charge on any atom is -0.365 e. The molecular weight excluding hydrogens is 324 g/mol. The van der Waals surface area contributed by atoms with Crippen LogP contribution in [0.5, 0.6) is 0 Å². The summed E-state index contributed by atoms with van der Waals surface area (Å²) < 4.78 is 5.69. The molecule has 4 rings (SSSR count). The van der Waals surface area contributed by atoms with Crippen molar-refractivity contribution in [2.75, 3.05) is 6.61 Å². The first-order valence-electron chi connectivity index (χ1n) is 8.18. The van der Waals surface area contributed by atoms with Crippen LogP contribution in [-0.2, 0) is 10.3 Å². The first-order valence-corrected chi connectivity index (χ1v) is 8.56. The molecule has 0 amide bonds. The highest BCUT2D eigenvalue weighted by Crippen LogP contribution is 2.44. The molecule has 1 atom stereocenters. The number of Topliss-reactive ketones (excluding diaryl/α,β-unsaturated/α-hetero) is 2.